The summed E-state index contributed by atoms with van der Waals surface area (Å²) < 4.78 is 38.3. The summed E-state index contributed by atoms with van der Waals surface area (Å²) in [6, 6.07) is 17.6. The topological polar surface area (TPSA) is 97.0 Å². The van der Waals surface area contributed by atoms with E-state index >= 15 is 0 Å². The van der Waals surface area contributed by atoms with Crippen LogP contribution in [-0.4, -0.2) is 52.0 Å². The van der Waals surface area contributed by atoms with E-state index in [1.54, 1.807) is 18.2 Å². The zero-order chi connectivity index (χ0) is 25.0. The van der Waals surface area contributed by atoms with Crippen LogP contribution < -0.4 is 15.4 Å². The molecule has 35 heavy (non-hydrogen) atoms. The Kier molecular flexibility index (Phi) is 7.39. The average Bonchev–Trinajstić information content (AvgIpc) is 2.87. The van der Waals surface area contributed by atoms with Crippen molar-refractivity contribution in [1.82, 2.24) is 4.31 Å². The van der Waals surface area contributed by atoms with Gasteiger partial charge < -0.3 is 20.1 Å². The molecule has 8 nitrogen and oxygen atoms in total. The van der Waals surface area contributed by atoms with Crippen molar-refractivity contribution >= 4 is 33.0 Å². The second kappa shape index (κ2) is 10.5. The van der Waals surface area contributed by atoms with Crippen molar-refractivity contribution in [3.05, 3.63) is 77.4 Å². The van der Waals surface area contributed by atoms with Crippen molar-refractivity contribution in [3.63, 3.8) is 0 Å². The van der Waals surface area contributed by atoms with E-state index in [0.29, 0.717) is 30.2 Å². The van der Waals surface area contributed by atoms with Crippen molar-refractivity contribution < 1.29 is 22.7 Å². The Balaban J connectivity index is 1.63. The molecule has 0 unspecified atom stereocenters. The predicted octanol–water partition coefficient (Wildman–Crippen LogP) is 4.33. The lowest BCUT2D eigenvalue weighted by molar-refractivity contribution is 0.0730. The quantitative estimate of drug-likeness (QED) is 0.507. The van der Waals surface area contributed by atoms with Gasteiger partial charge in [0.15, 0.2) is 0 Å². The molecule has 1 fully saturated rings. The molecule has 3 aromatic rings. The first kappa shape index (κ1) is 24.7. The Labute approximate surface area is 205 Å². The summed E-state index contributed by atoms with van der Waals surface area (Å²) in [7, 11) is -2.26. The van der Waals surface area contributed by atoms with Gasteiger partial charge in [-0.1, -0.05) is 24.3 Å². The van der Waals surface area contributed by atoms with Crippen molar-refractivity contribution in [1.29, 1.82) is 0 Å². The van der Waals surface area contributed by atoms with E-state index in [2.05, 4.69) is 10.6 Å². The number of sulfonamides is 1. The first-order chi connectivity index (χ1) is 16.8. The summed E-state index contributed by atoms with van der Waals surface area (Å²) in [6.07, 6.45) is 0. The second-order valence-corrected chi connectivity index (χ2v) is 10.2. The molecule has 1 aliphatic rings. The lowest BCUT2D eigenvalue weighted by Gasteiger charge is -2.26. The summed E-state index contributed by atoms with van der Waals surface area (Å²) in [4.78, 5) is 13.4. The molecular weight excluding hydrogens is 466 g/mol. The van der Waals surface area contributed by atoms with Crippen molar-refractivity contribution in [2.75, 3.05) is 44.0 Å². The molecule has 0 spiro atoms. The zero-order valence-electron chi connectivity index (χ0n) is 20.0. The maximum absolute atomic E-state index is 13.3. The number of rotatable bonds is 7. The molecule has 2 N–H and O–H groups in total. The van der Waals surface area contributed by atoms with Crippen LogP contribution in [0.5, 0.6) is 5.75 Å². The third-order valence-electron chi connectivity index (χ3n) is 6.07. The van der Waals surface area contributed by atoms with Gasteiger partial charge in [-0.25, -0.2) is 8.42 Å². The summed E-state index contributed by atoms with van der Waals surface area (Å²) in [5.74, 6) is -0.0307. The van der Waals surface area contributed by atoms with Gasteiger partial charge in [0.05, 0.1) is 42.2 Å². The number of methoxy groups -OCH3 is 1. The highest BCUT2D eigenvalue weighted by Gasteiger charge is 2.27. The van der Waals surface area contributed by atoms with Crippen molar-refractivity contribution in [2.24, 2.45) is 0 Å². The van der Waals surface area contributed by atoms with E-state index in [4.69, 9.17) is 9.47 Å². The molecular formula is C26H29N3O5S. The van der Waals surface area contributed by atoms with Crippen LogP contribution >= 0.6 is 0 Å². The second-order valence-electron chi connectivity index (χ2n) is 8.25. The van der Waals surface area contributed by atoms with E-state index in [1.165, 1.54) is 23.5 Å². The first-order valence-corrected chi connectivity index (χ1v) is 12.7. The predicted molar refractivity (Wildman–Crippen MR) is 136 cm³/mol. The number of nitrogens with zero attached hydrogens (tertiary/aromatic N) is 1. The van der Waals surface area contributed by atoms with E-state index in [1.807, 2.05) is 44.2 Å². The molecule has 1 aliphatic heterocycles. The molecule has 9 heteroatoms. The van der Waals surface area contributed by atoms with E-state index in [-0.39, 0.29) is 23.7 Å². The Morgan fingerprint density at radius 3 is 2.40 bits per heavy atom. The lowest BCUT2D eigenvalue weighted by Crippen LogP contribution is -2.40. The van der Waals surface area contributed by atoms with Crippen LogP contribution in [0.25, 0.3) is 0 Å². The van der Waals surface area contributed by atoms with Gasteiger partial charge in [0.1, 0.15) is 5.75 Å². The van der Waals surface area contributed by atoms with Crippen LogP contribution in [0.3, 0.4) is 0 Å². The maximum atomic E-state index is 13.3. The van der Waals surface area contributed by atoms with Crippen LogP contribution in [0.4, 0.5) is 17.1 Å². The number of amides is 1. The van der Waals surface area contributed by atoms with Gasteiger partial charge in [0.25, 0.3) is 5.91 Å². The van der Waals surface area contributed by atoms with Crippen LogP contribution in [0.1, 0.15) is 21.5 Å². The molecule has 0 saturated carbocycles. The molecule has 4 rings (SSSR count). The standard InChI is InChI=1S/C26H29N3O5S/c1-18-7-6-10-22(19(18)2)27-23-9-5-4-8-21(23)26(30)28-24-17-20(11-12-25(24)33-3)35(31,32)29-13-15-34-16-14-29/h4-12,17,27H,13-16H2,1-3H3,(H,28,30). The maximum Gasteiger partial charge on any atom is 0.257 e. The van der Waals surface area contributed by atoms with Crippen LogP contribution in [0, 0.1) is 13.8 Å². The fourth-order valence-electron chi connectivity index (χ4n) is 3.89. The molecule has 1 saturated heterocycles. The minimum Gasteiger partial charge on any atom is -0.495 e. The number of hydrogen-bond donors (Lipinski definition) is 2. The third-order valence-corrected chi connectivity index (χ3v) is 7.97. The average molecular weight is 496 g/mol. The van der Waals surface area contributed by atoms with Gasteiger partial charge in [0.2, 0.25) is 10.0 Å². The van der Waals surface area contributed by atoms with E-state index < -0.39 is 15.9 Å². The molecule has 3 aromatic carbocycles. The van der Waals surface area contributed by atoms with Crippen molar-refractivity contribution in [3.8, 4) is 5.75 Å². The highest BCUT2D eigenvalue weighted by Crippen LogP contribution is 2.31. The number of para-hydroxylation sites is 1. The molecule has 0 radical (unpaired) electrons. The summed E-state index contributed by atoms with van der Waals surface area (Å²) in [5.41, 5.74) is 4.45. The number of ether oxygens (including phenoxy) is 2. The fraction of sp³-hybridized carbons (Fsp3) is 0.269. The van der Waals surface area contributed by atoms with Crippen LogP contribution in [0.15, 0.2) is 65.6 Å². The van der Waals surface area contributed by atoms with E-state index in [9.17, 15) is 13.2 Å². The number of hydrogen-bond acceptors (Lipinski definition) is 6. The molecule has 1 heterocycles. The Hall–Kier alpha value is -3.40. The molecule has 0 bridgehead atoms. The number of carbonyl (C=O) groups is 1. The Bertz CT molecular complexity index is 1330. The molecule has 0 aromatic heterocycles. The molecule has 184 valence electrons. The zero-order valence-corrected chi connectivity index (χ0v) is 20.8. The smallest absolute Gasteiger partial charge is 0.257 e. The molecule has 1 amide bonds. The first-order valence-electron chi connectivity index (χ1n) is 11.3. The summed E-state index contributed by atoms with van der Waals surface area (Å²) >= 11 is 0. The minimum atomic E-state index is -3.73. The molecule has 0 atom stereocenters. The number of morpholine rings is 1. The minimum absolute atomic E-state index is 0.0808. The normalized spacial score (nSPS) is 14.4. The Morgan fingerprint density at radius 2 is 1.66 bits per heavy atom. The van der Waals surface area contributed by atoms with Crippen LogP contribution in [0.2, 0.25) is 0 Å². The Morgan fingerprint density at radius 1 is 0.943 bits per heavy atom. The van der Waals surface area contributed by atoms with Gasteiger partial charge in [-0.05, 0) is 61.4 Å². The molecule has 0 aliphatic carbocycles. The highest BCUT2D eigenvalue weighted by molar-refractivity contribution is 7.89. The summed E-state index contributed by atoms with van der Waals surface area (Å²) in [5, 5.41) is 6.18. The lowest BCUT2D eigenvalue weighted by atomic mass is 10.1. The van der Waals surface area contributed by atoms with Gasteiger partial charge in [-0.2, -0.15) is 4.31 Å². The largest absolute Gasteiger partial charge is 0.495 e. The van der Waals surface area contributed by atoms with Crippen LogP contribution in [-0.2, 0) is 14.8 Å². The van der Waals surface area contributed by atoms with Gasteiger partial charge in [0, 0.05) is 18.8 Å². The van der Waals surface area contributed by atoms with Gasteiger partial charge >= 0.3 is 0 Å². The fourth-order valence-corrected chi connectivity index (χ4v) is 5.33. The summed E-state index contributed by atoms with van der Waals surface area (Å²) in [6.45, 7) is 5.32. The number of benzene rings is 3. The van der Waals surface area contributed by atoms with Crippen molar-refractivity contribution in [2.45, 2.75) is 18.7 Å². The number of carbonyl (C=O) groups excluding carboxylic acids is 1. The van der Waals surface area contributed by atoms with E-state index in [0.717, 1.165) is 16.8 Å². The monoisotopic (exact) mass is 495 g/mol. The third kappa shape index (κ3) is 5.32. The number of aryl methyl sites for hydroxylation is 1. The SMILES string of the molecule is COc1ccc(S(=O)(=O)N2CCOCC2)cc1NC(=O)c1ccccc1Nc1cccc(C)c1C. The highest BCUT2D eigenvalue weighted by atomic mass is 32.2. The number of nitrogens with one attached hydrogen (secondary N) is 2. The van der Waals surface area contributed by atoms with Gasteiger partial charge in [-0.15, -0.1) is 0 Å². The van der Waals surface area contributed by atoms with Gasteiger partial charge in [-0.3, -0.25) is 4.79 Å². The number of anilines is 3.